The maximum absolute atomic E-state index is 12.8. The lowest BCUT2D eigenvalue weighted by molar-refractivity contribution is -0.113. The van der Waals surface area contributed by atoms with Crippen LogP contribution in [0.4, 0.5) is 5.69 Å². The van der Waals surface area contributed by atoms with Crippen LogP contribution in [-0.2, 0) is 4.79 Å². The Bertz CT molecular complexity index is 962. The van der Waals surface area contributed by atoms with Gasteiger partial charge in [-0.1, -0.05) is 47.7 Å². The van der Waals surface area contributed by atoms with Gasteiger partial charge in [-0.25, -0.2) is 0 Å². The van der Waals surface area contributed by atoms with Gasteiger partial charge in [0.05, 0.1) is 17.7 Å². The van der Waals surface area contributed by atoms with Gasteiger partial charge >= 0.3 is 0 Å². The zero-order valence-electron chi connectivity index (χ0n) is 14.8. The first-order valence-electron chi connectivity index (χ1n) is 8.06. The smallest absolute Gasteiger partial charge is 0.270 e. The lowest BCUT2D eigenvalue weighted by Crippen LogP contribution is -2.27. The van der Waals surface area contributed by atoms with E-state index in [0.29, 0.717) is 20.7 Å². The SMILES string of the molecule is COc1cc(/C=C2\SC(=S)N(c3ccc(C)cc3)C2=O)ccc1OCC#N. The highest BCUT2D eigenvalue weighted by atomic mass is 32.2. The number of thioether (sulfide) groups is 1. The van der Waals surface area contributed by atoms with Gasteiger partial charge in [-0.05, 0) is 42.8 Å². The van der Waals surface area contributed by atoms with E-state index in [0.717, 1.165) is 16.8 Å². The van der Waals surface area contributed by atoms with Crippen LogP contribution in [0.15, 0.2) is 47.4 Å². The van der Waals surface area contributed by atoms with E-state index < -0.39 is 0 Å². The minimum atomic E-state index is -0.155. The summed E-state index contributed by atoms with van der Waals surface area (Å²) in [5.41, 5.74) is 2.65. The van der Waals surface area contributed by atoms with Crippen molar-refractivity contribution in [1.29, 1.82) is 5.26 Å². The number of benzene rings is 2. The average molecular weight is 396 g/mol. The topological polar surface area (TPSA) is 62.6 Å². The van der Waals surface area contributed by atoms with Crippen LogP contribution in [0.5, 0.6) is 11.5 Å². The van der Waals surface area contributed by atoms with Crippen molar-refractivity contribution in [3.63, 3.8) is 0 Å². The number of thiocarbonyl (C=S) groups is 1. The highest BCUT2D eigenvalue weighted by Crippen LogP contribution is 2.37. The summed E-state index contributed by atoms with van der Waals surface area (Å²) in [6.07, 6.45) is 1.77. The molecule has 1 amide bonds. The van der Waals surface area contributed by atoms with Gasteiger partial charge in [0.1, 0.15) is 6.07 Å². The molecule has 0 atom stereocenters. The van der Waals surface area contributed by atoms with Crippen LogP contribution in [0.1, 0.15) is 11.1 Å². The van der Waals surface area contributed by atoms with E-state index in [-0.39, 0.29) is 12.5 Å². The number of anilines is 1. The fourth-order valence-corrected chi connectivity index (χ4v) is 3.84. The molecule has 0 spiro atoms. The van der Waals surface area contributed by atoms with Crippen molar-refractivity contribution < 1.29 is 14.3 Å². The number of aryl methyl sites for hydroxylation is 1. The lowest BCUT2D eigenvalue weighted by Gasteiger charge is -2.14. The number of carbonyl (C=O) groups is 1. The van der Waals surface area contributed by atoms with Crippen LogP contribution in [0.25, 0.3) is 6.08 Å². The van der Waals surface area contributed by atoms with Gasteiger partial charge in [0.15, 0.2) is 22.4 Å². The maximum atomic E-state index is 12.8. The summed E-state index contributed by atoms with van der Waals surface area (Å²) in [5, 5.41) is 8.64. The third-order valence-corrected chi connectivity index (χ3v) is 5.17. The Kier molecular flexibility index (Phi) is 5.79. The summed E-state index contributed by atoms with van der Waals surface area (Å²) in [7, 11) is 1.52. The number of methoxy groups -OCH3 is 1. The Labute approximate surface area is 167 Å². The second-order valence-electron chi connectivity index (χ2n) is 5.71. The van der Waals surface area contributed by atoms with Crippen molar-refractivity contribution in [1.82, 2.24) is 0 Å². The summed E-state index contributed by atoms with van der Waals surface area (Å²) < 4.78 is 11.1. The van der Waals surface area contributed by atoms with Gasteiger partial charge in [0, 0.05) is 0 Å². The molecular formula is C20H16N2O3S2. The van der Waals surface area contributed by atoms with E-state index >= 15 is 0 Å². The number of ether oxygens (including phenoxy) is 2. The molecule has 3 rings (SSSR count). The maximum Gasteiger partial charge on any atom is 0.270 e. The zero-order valence-corrected chi connectivity index (χ0v) is 16.4. The molecule has 1 aliphatic heterocycles. The van der Waals surface area contributed by atoms with Crippen LogP contribution in [0.2, 0.25) is 0 Å². The van der Waals surface area contributed by atoms with Crippen LogP contribution >= 0.6 is 24.0 Å². The number of nitrogens with zero attached hydrogens (tertiary/aromatic N) is 2. The van der Waals surface area contributed by atoms with Crippen LogP contribution in [-0.4, -0.2) is 23.9 Å². The van der Waals surface area contributed by atoms with Crippen molar-refractivity contribution in [3.05, 3.63) is 58.5 Å². The highest BCUT2D eigenvalue weighted by molar-refractivity contribution is 8.27. The largest absolute Gasteiger partial charge is 0.493 e. The summed E-state index contributed by atoms with van der Waals surface area (Å²) in [6, 6.07) is 14.8. The molecule has 0 unspecified atom stereocenters. The monoisotopic (exact) mass is 396 g/mol. The first kappa shape index (κ1) is 19.0. The Morgan fingerprint density at radius 3 is 2.63 bits per heavy atom. The quantitative estimate of drug-likeness (QED) is 0.554. The third kappa shape index (κ3) is 4.13. The molecule has 7 heteroatoms. The Balaban J connectivity index is 1.87. The molecule has 0 radical (unpaired) electrons. The molecular weight excluding hydrogens is 380 g/mol. The molecule has 1 fully saturated rings. The van der Waals surface area contributed by atoms with Crippen LogP contribution in [0.3, 0.4) is 0 Å². The first-order chi connectivity index (χ1) is 13.0. The van der Waals surface area contributed by atoms with Crippen molar-refractivity contribution >= 4 is 46.0 Å². The molecule has 2 aromatic rings. The van der Waals surface area contributed by atoms with Gasteiger partial charge in [-0.2, -0.15) is 5.26 Å². The number of rotatable bonds is 5. The minimum Gasteiger partial charge on any atom is -0.493 e. The van der Waals surface area contributed by atoms with Crippen molar-refractivity contribution in [2.45, 2.75) is 6.92 Å². The molecule has 0 saturated carbocycles. The predicted molar refractivity (Wildman–Crippen MR) is 111 cm³/mol. The number of nitriles is 1. The van der Waals surface area contributed by atoms with Gasteiger partial charge in [0.25, 0.3) is 5.91 Å². The first-order valence-corrected chi connectivity index (χ1v) is 9.28. The van der Waals surface area contributed by atoms with Gasteiger partial charge in [-0.15, -0.1) is 0 Å². The van der Waals surface area contributed by atoms with E-state index in [1.54, 1.807) is 24.3 Å². The average Bonchev–Trinajstić information content (AvgIpc) is 2.94. The second-order valence-corrected chi connectivity index (χ2v) is 7.39. The lowest BCUT2D eigenvalue weighted by atomic mass is 10.1. The molecule has 1 saturated heterocycles. The molecule has 0 aliphatic carbocycles. The van der Waals surface area contributed by atoms with E-state index in [1.807, 2.05) is 37.3 Å². The molecule has 5 nitrogen and oxygen atoms in total. The number of carbonyl (C=O) groups excluding carboxylic acids is 1. The molecule has 0 aromatic heterocycles. The third-order valence-electron chi connectivity index (χ3n) is 3.86. The van der Waals surface area contributed by atoms with E-state index in [4.69, 9.17) is 27.0 Å². The van der Waals surface area contributed by atoms with E-state index in [1.165, 1.54) is 23.8 Å². The molecule has 1 aliphatic rings. The molecule has 2 aromatic carbocycles. The molecule has 27 heavy (non-hydrogen) atoms. The fourth-order valence-electron chi connectivity index (χ4n) is 2.54. The zero-order chi connectivity index (χ0) is 19.4. The summed E-state index contributed by atoms with van der Waals surface area (Å²) >= 11 is 6.66. The van der Waals surface area contributed by atoms with Crippen molar-refractivity contribution in [3.8, 4) is 17.6 Å². The number of hydrogen-bond donors (Lipinski definition) is 0. The van der Waals surface area contributed by atoms with Gasteiger partial charge in [0.2, 0.25) is 0 Å². The fraction of sp³-hybridized carbons (Fsp3) is 0.150. The molecule has 0 N–H and O–H groups in total. The standard InChI is InChI=1S/C20H16N2O3S2/c1-13-3-6-15(7-4-13)22-19(23)18(27-20(22)26)12-14-5-8-16(25-10-9-21)17(11-14)24-2/h3-8,11-12H,10H2,1-2H3/b18-12-. The van der Waals surface area contributed by atoms with E-state index in [9.17, 15) is 4.79 Å². The predicted octanol–water partition coefficient (Wildman–Crippen LogP) is 4.31. The summed E-state index contributed by atoms with van der Waals surface area (Å²) in [6.45, 7) is 1.93. The summed E-state index contributed by atoms with van der Waals surface area (Å²) in [5.74, 6) is 0.814. The summed E-state index contributed by atoms with van der Waals surface area (Å²) in [4.78, 5) is 14.9. The number of amides is 1. The van der Waals surface area contributed by atoms with E-state index in [2.05, 4.69) is 0 Å². The highest BCUT2D eigenvalue weighted by Gasteiger charge is 2.33. The second kappa shape index (κ2) is 8.25. The van der Waals surface area contributed by atoms with Gasteiger partial charge in [-0.3, -0.25) is 9.69 Å². The van der Waals surface area contributed by atoms with Crippen molar-refractivity contribution in [2.75, 3.05) is 18.6 Å². The number of hydrogen-bond acceptors (Lipinski definition) is 6. The van der Waals surface area contributed by atoms with Gasteiger partial charge < -0.3 is 9.47 Å². The normalized spacial score (nSPS) is 15.1. The Morgan fingerprint density at radius 2 is 1.96 bits per heavy atom. The van der Waals surface area contributed by atoms with Crippen molar-refractivity contribution in [2.24, 2.45) is 0 Å². The Hall–Kier alpha value is -2.82. The molecule has 1 heterocycles. The van der Waals surface area contributed by atoms with Crippen LogP contribution in [0, 0.1) is 18.3 Å². The molecule has 136 valence electrons. The van der Waals surface area contributed by atoms with Crippen LogP contribution < -0.4 is 14.4 Å². The molecule has 0 bridgehead atoms. The minimum absolute atomic E-state index is 0.0646. The Morgan fingerprint density at radius 1 is 1.22 bits per heavy atom.